The van der Waals surface area contributed by atoms with Gasteiger partial charge in [0.05, 0.1) is 6.04 Å². The van der Waals surface area contributed by atoms with Crippen molar-refractivity contribution in [3.8, 4) is 0 Å². The van der Waals surface area contributed by atoms with Crippen molar-refractivity contribution in [2.45, 2.75) is 58.2 Å². The van der Waals surface area contributed by atoms with Crippen molar-refractivity contribution in [1.29, 1.82) is 0 Å². The average molecular weight is 350 g/mol. The molecular weight excluding hydrogens is 318 g/mol. The van der Waals surface area contributed by atoms with Gasteiger partial charge in [-0.25, -0.2) is 0 Å². The van der Waals surface area contributed by atoms with Crippen LogP contribution in [0.4, 0.5) is 0 Å². The maximum atomic E-state index is 12.6. The summed E-state index contributed by atoms with van der Waals surface area (Å²) >= 11 is 1.83. The Morgan fingerprint density at radius 2 is 2.04 bits per heavy atom. The van der Waals surface area contributed by atoms with E-state index >= 15 is 0 Å². The fourth-order valence-corrected chi connectivity index (χ4v) is 4.68. The molecule has 0 bridgehead atoms. The number of nitrogens with zero attached hydrogens (tertiary/aromatic N) is 2. The summed E-state index contributed by atoms with van der Waals surface area (Å²) in [6, 6.07) is 4.70. The van der Waals surface area contributed by atoms with Crippen LogP contribution in [0.5, 0.6) is 0 Å². The quantitative estimate of drug-likeness (QED) is 0.888. The van der Waals surface area contributed by atoms with Crippen molar-refractivity contribution in [3.63, 3.8) is 0 Å². The Bertz CT molecular complexity index is 511. The summed E-state index contributed by atoms with van der Waals surface area (Å²) in [5.41, 5.74) is 0. The van der Waals surface area contributed by atoms with Gasteiger partial charge in [-0.05, 0) is 37.1 Å². The van der Waals surface area contributed by atoms with E-state index in [0.717, 1.165) is 39.1 Å². The molecule has 1 aromatic rings. The van der Waals surface area contributed by atoms with Gasteiger partial charge < -0.3 is 5.32 Å². The lowest BCUT2D eigenvalue weighted by molar-refractivity contribution is -0.127. The largest absolute Gasteiger partial charge is 0.352 e. The first-order chi connectivity index (χ1) is 11.6. The molecule has 0 aromatic carbocycles. The van der Waals surface area contributed by atoms with Crippen LogP contribution < -0.4 is 5.32 Å². The first-order valence-electron chi connectivity index (χ1n) is 9.42. The number of rotatable bonds is 5. The van der Waals surface area contributed by atoms with E-state index in [-0.39, 0.29) is 11.9 Å². The summed E-state index contributed by atoms with van der Waals surface area (Å²) < 4.78 is 0. The van der Waals surface area contributed by atoms with Gasteiger partial charge in [-0.1, -0.05) is 25.8 Å². The Labute approximate surface area is 150 Å². The van der Waals surface area contributed by atoms with Gasteiger partial charge in [0.1, 0.15) is 0 Å². The number of hydrogen-bond donors (Lipinski definition) is 1. The molecule has 5 heteroatoms. The second-order valence-corrected chi connectivity index (χ2v) is 8.48. The summed E-state index contributed by atoms with van der Waals surface area (Å²) in [4.78, 5) is 18.9. The highest BCUT2D eigenvalue weighted by molar-refractivity contribution is 7.09. The molecule has 1 N–H and O–H groups in total. The third-order valence-electron chi connectivity index (χ3n) is 5.73. The maximum absolute atomic E-state index is 12.6. The van der Waals surface area contributed by atoms with Crippen LogP contribution in [0.1, 0.15) is 44.4 Å². The molecule has 1 aliphatic carbocycles. The molecule has 2 fully saturated rings. The number of thiophene rings is 1. The Morgan fingerprint density at radius 3 is 2.71 bits per heavy atom. The Kier molecular flexibility index (Phi) is 6.31. The first-order valence-corrected chi connectivity index (χ1v) is 10.3. The third-order valence-corrected chi connectivity index (χ3v) is 6.59. The van der Waals surface area contributed by atoms with E-state index < -0.39 is 0 Å². The highest BCUT2D eigenvalue weighted by Crippen LogP contribution is 2.24. The van der Waals surface area contributed by atoms with Crippen LogP contribution in [0.2, 0.25) is 0 Å². The summed E-state index contributed by atoms with van der Waals surface area (Å²) in [6.45, 7) is 9.46. The molecule has 1 saturated heterocycles. The van der Waals surface area contributed by atoms with E-state index in [9.17, 15) is 4.79 Å². The van der Waals surface area contributed by atoms with Crippen LogP contribution in [-0.2, 0) is 11.3 Å². The molecule has 4 nitrogen and oxygen atoms in total. The van der Waals surface area contributed by atoms with Crippen LogP contribution in [0.15, 0.2) is 17.5 Å². The predicted molar refractivity (Wildman–Crippen MR) is 100 cm³/mol. The number of carbonyl (C=O) groups is 1. The fourth-order valence-electron chi connectivity index (χ4n) is 3.93. The standard InChI is InChI=1S/C19H31N3OS/c1-15-6-3-4-8-18(15)20-19(23)16(2)22-11-9-21(10-12-22)14-17-7-5-13-24-17/h5,7,13,15-16,18H,3-4,6,8-12,14H2,1-2H3,(H,20,23)/t15-,16+,18+/m1/s1. The van der Waals surface area contributed by atoms with E-state index in [1.54, 1.807) is 0 Å². The molecule has 1 saturated carbocycles. The number of piperazine rings is 1. The lowest BCUT2D eigenvalue weighted by Gasteiger charge is -2.38. The van der Waals surface area contributed by atoms with Gasteiger partial charge in [-0.3, -0.25) is 14.6 Å². The van der Waals surface area contributed by atoms with Gasteiger partial charge >= 0.3 is 0 Å². The molecule has 0 unspecified atom stereocenters. The van der Waals surface area contributed by atoms with Crippen molar-refractivity contribution < 1.29 is 4.79 Å². The van der Waals surface area contributed by atoms with Crippen molar-refractivity contribution in [3.05, 3.63) is 22.4 Å². The zero-order valence-corrected chi connectivity index (χ0v) is 15.9. The van der Waals surface area contributed by atoms with Gasteiger partial charge in [0.25, 0.3) is 0 Å². The number of hydrogen-bond acceptors (Lipinski definition) is 4. The SMILES string of the molecule is C[C@@H]1CCCC[C@@H]1NC(=O)[C@H](C)N1CCN(Cc2cccs2)CC1. The average Bonchev–Trinajstić information content (AvgIpc) is 3.10. The minimum absolute atomic E-state index is 0.0111. The van der Waals surface area contributed by atoms with E-state index in [4.69, 9.17) is 0 Å². The van der Waals surface area contributed by atoms with Crippen molar-refractivity contribution >= 4 is 17.2 Å². The van der Waals surface area contributed by atoms with E-state index in [1.165, 1.54) is 24.1 Å². The number of nitrogens with one attached hydrogen (secondary N) is 1. The van der Waals surface area contributed by atoms with Gasteiger partial charge in [0.2, 0.25) is 5.91 Å². The molecule has 0 radical (unpaired) electrons. The van der Waals surface area contributed by atoms with Crippen molar-refractivity contribution in [2.24, 2.45) is 5.92 Å². The van der Waals surface area contributed by atoms with Crippen LogP contribution >= 0.6 is 11.3 Å². The Hall–Kier alpha value is -0.910. The van der Waals surface area contributed by atoms with E-state index in [0.29, 0.717) is 12.0 Å². The Morgan fingerprint density at radius 1 is 1.29 bits per heavy atom. The van der Waals surface area contributed by atoms with Gasteiger partial charge in [0.15, 0.2) is 0 Å². The van der Waals surface area contributed by atoms with Gasteiger partial charge in [0, 0.05) is 43.6 Å². The highest BCUT2D eigenvalue weighted by Gasteiger charge is 2.29. The molecule has 24 heavy (non-hydrogen) atoms. The molecule has 3 rings (SSSR count). The summed E-state index contributed by atoms with van der Waals surface area (Å²) in [5.74, 6) is 0.845. The summed E-state index contributed by atoms with van der Waals surface area (Å²) in [5, 5.41) is 5.46. The van der Waals surface area contributed by atoms with E-state index in [2.05, 4.69) is 46.5 Å². The summed E-state index contributed by atoms with van der Waals surface area (Å²) in [7, 11) is 0. The van der Waals surface area contributed by atoms with Crippen LogP contribution in [-0.4, -0.2) is 54.0 Å². The van der Waals surface area contributed by atoms with Gasteiger partial charge in [-0.15, -0.1) is 11.3 Å². The number of amides is 1. The molecule has 2 aliphatic rings. The molecule has 3 atom stereocenters. The molecule has 0 spiro atoms. The highest BCUT2D eigenvalue weighted by atomic mass is 32.1. The molecule has 2 heterocycles. The molecule has 134 valence electrons. The molecule has 1 amide bonds. The second kappa shape index (κ2) is 8.45. The van der Waals surface area contributed by atoms with Crippen molar-refractivity contribution in [1.82, 2.24) is 15.1 Å². The monoisotopic (exact) mass is 349 g/mol. The fraction of sp³-hybridized carbons (Fsp3) is 0.737. The van der Waals surface area contributed by atoms with Crippen LogP contribution in [0.25, 0.3) is 0 Å². The number of carbonyl (C=O) groups excluding carboxylic acids is 1. The molecule has 1 aliphatic heterocycles. The molecular formula is C19H31N3OS. The third kappa shape index (κ3) is 4.58. The second-order valence-electron chi connectivity index (χ2n) is 7.44. The lowest BCUT2D eigenvalue weighted by Crippen LogP contribution is -2.55. The van der Waals surface area contributed by atoms with Crippen molar-refractivity contribution in [2.75, 3.05) is 26.2 Å². The predicted octanol–water partition coefficient (Wildman–Crippen LogP) is 2.95. The normalized spacial score (nSPS) is 27.8. The van der Waals surface area contributed by atoms with Gasteiger partial charge in [-0.2, -0.15) is 0 Å². The maximum Gasteiger partial charge on any atom is 0.237 e. The minimum atomic E-state index is -0.0111. The topological polar surface area (TPSA) is 35.6 Å². The zero-order chi connectivity index (χ0) is 16.9. The van der Waals surface area contributed by atoms with Crippen LogP contribution in [0, 0.1) is 5.92 Å². The van der Waals surface area contributed by atoms with Crippen LogP contribution in [0.3, 0.4) is 0 Å². The van der Waals surface area contributed by atoms with E-state index in [1.807, 2.05) is 11.3 Å². The lowest BCUT2D eigenvalue weighted by atomic mass is 9.86. The minimum Gasteiger partial charge on any atom is -0.352 e. The Balaban J connectivity index is 1.44. The first kappa shape index (κ1) is 17.9. The summed E-state index contributed by atoms with van der Waals surface area (Å²) in [6.07, 6.45) is 4.97. The molecule has 1 aromatic heterocycles. The smallest absolute Gasteiger partial charge is 0.237 e. The zero-order valence-electron chi connectivity index (χ0n) is 15.0.